The molecule has 1 fully saturated rings. The van der Waals surface area contributed by atoms with Gasteiger partial charge in [-0.1, -0.05) is 23.8 Å². The molecule has 0 bridgehead atoms. The third kappa shape index (κ3) is 2.67. The molecule has 0 radical (unpaired) electrons. The molecule has 0 spiro atoms. The van der Waals surface area contributed by atoms with Crippen LogP contribution in [0.25, 0.3) is 0 Å². The topological polar surface area (TPSA) is 32.3 Å². The zero-order valence-corrected chi connectivity index (χ0v) is 10.8. The van der Waals surface area contributed by atoms with E-state index in [4.69, 9.17) is 0 Å². The van der Waals surface area contributed by atoms with Gasteiger partial charge in [0.05, 0.1) is 12.5 Å². The van der Waals surface area contributed by atoms with Gasteiger partial charge in [0.15, 0.2) is 0 Å². The third-order valence-corrected chi connectivity index (χ3v) is 3.55. The minimum absolute atomic E-state index is 0.213. The highest BCUT2D eigenvalue weighted by atomic mass is 16.2. The van der Waals surface area contributed by atoms with Crippen LogP contribution in [0.4, 0.5) is 0 Å². The van der Waals surface area contributed by atoms with Crippen LogP contribution in [0.1, 0.15) is 16.7 Å². The van der Waals surface area contributed by atoms with Crippen molar-refractivity contribution >= 4 is 5.91 Å². The number of amides is 1. The molecule has 1 aromatic rings. The number of aryl methyl sites for hydroxylation is 2. The molecule has 1 saturated heterocycles. The number of nitrogens with zero attached hydrogens (tertiary/aromatic N) is 1. The van der Waals surface area contributed by atoms with Crippen molar-refractivity contribution in [2.24, 2.45) is 0 Å². The fourth-order valence-electron chi connectivity index (χ4n) is 2.03. The minimum Gasteiger partial charge on any atom is -0.340 e. The van der Waals surface area contributed by atoms with E-state index in [9.17, 15) is 4.79 Å². The van der Waals surface area contributed by atoms with Gasteiger partial charge in [0.1, 0.15) is 0 Å². The Morgan fingerprint density at radius 3 is 2.71 bits per heavy atom. The SMILES string of the molecule is Cc1ccc(C)c(CC(=O)N(C)C2CNC2)c1. The van der Waals surface area contributed by atoms with E-state index in [-0.39, 0.29) is 5.91 Å². The molecular weight excluding hydrogens is 212 g/mol. The van der Waals surface area contributed by atoms with E-state index in [1.165, 1.54) is 11.1 Å². The molecule has 3 nitrogen and oxygen atoms in total. The summed E-state index contributed by atoms with van der Waals surface area (Å²) in [6, 6.07) is 6.67. The van der Waals surface area contributed by atoms with Crippen molar-refractivity contribution in [3.05, 3.63) is 34.9 Å². The first-order chi connectivity index (χ1) is 8.08. The van der Waals surface area contributed by atoms with Gasteiger partial charge in [0, 0.05) is 20.1 Å². The van der Waals surface area contributed by atoms with Crippen LogP contribution < -0.4 is 5.32 Å². The summed E-state index contributed by atoms with van der Waals surface area (Å²) in [5.74, 6) is 0.213. The first kappa shape index (κ1) is 12.1. The van der Waals surface area contributed by atoms with Crippen molar-refractivity contribution in [3.8, 4) is 0 Å². The molecular formula is C14H20N2O. The summed E-state index contributed by atoms with van der Waals surface area (Å²) in [7, 11) is 1.90. The Morgan fingerprint density at radius 1 is 1.41 bits per heavy atom. The van der Waals surface area contributed by atoms with Crippen molar-refractivity contribution in [1.82, 2.24) is 10.2 Å². The summed E-state index contributed by atoms with van der Waals surface area (Å²) < 4.78 is 0. The number of benzene rings is 1. The van der Waals surface area contributed by atoms with E-state index in [0.717, 1.165) is 18.7 Å². The Balaban J connectivity index is 2.04. The highest BCUT2D eigenvalue weighted by Crippen LogP contribution is 2.13. The van der Waals surface area contributed by atoms with E-state index < -0.39 is 0 Å². The number of hydrogen-bond donors (Lipinski definition) is 1. The van der Waals surface area contributed by atoms with Gasteiger partial charge in [-0.15, -0.1) is 0 Å². The average molecular weight is 232 g/mol. The number of likely N-dealkylation sites (N-methyl/N-ethyl adjacent to an activating group) is 1. The minimum atomic E-state index is 0.213. The van der Waals surface area contributed by atoms with Crippen molar-refractivity contribution < 1.29 is 4.79 Å². The third-order valence-electron chi connectivity index (χ3n) is 3.55. The van der Waals surface area contributed by atoms with Gasteiger partial charge < -0.3 is 10.2 Å². The molecule has 1 aliphatic heterocycles. The molecule has 0 aliphatic carbocycles. The van der Waals surface area contributed by atoms with Crippen LogP contribution >= 0.6 is 0 Å². The number of rotatable bonds is 3. The van der Waals surface area contributed by atoms with Gasteiger partial charge in [-0.3, -0.25) is 4.79 Å². The lowest BCUT2D eigenvalue weighted by atomic mass is 10.0. The first-order valence-electron chi connectivity index (χ1n) is 6.10. The highest BCUT2D eigenvalue weighted by Gasteiger charge is 2.25. The van der Waals surface area contributed by atoms with Gasteiger partial charge in [0.25, 0.3) is 0 Å². The molecule has 0 atom stereocenters. The number of nitrogens with one attached hydrogen (secondary N) is 1. The van der Waals surface area contributed by atoms with E-state index in [0.29, 0.717) is 12.5 Å². The van der Waals surface area contributed by atoms with Crippen LogP contribution in [0.2, 0.25) is 0 Å². The molecule has 1 amide bonds. The zero-order chi connectivity index (χ0) is 12.4. The molecule has 2 rings (SSSR count). The van der Waals surface area contributed by atoms with Crippen LogP contribution in [0.15, 0.2) is 18.2 Å². The summed E-state index contributed by atoms with van der Waals surface area (Å²) in [5.41, 5.74) is 3.56. The normalized spacial score (nSPS) is 15.5. The second kappa shape index (κ2) is 4.88. The van der Waals surface area contributed by atoms with E-state index in [2.05, 4.69) is 37.4 Å². The molecule has 0 aromatic heterocycles. The Morgan fingerprint density at radius 2 is 2.12 bits per heavy atom. The van der Waals surface area contributed by atoms with Crippen LogP contribution in [0.3, 0.4) is 0 Å². The van der Waals surface area contributed by atoms with Crippen molar-refractivity contribution in [1.29, 1.82) is 0 Å². The van der Waals surface area contributed by atoms with E-state index in [1.807, 2.05) is 11.9 Å². The van der Waals surface area contributed by atoms with Gasteiger partial charge in [0.2, 0.25) is 5.91 Å². The molecule has 1 aromatic carbocycles. The molecule has 0 unspecified atom stereocenters. The predicted octanol–water partition coefficient (Wildman–Crippen LogP) is 1.28. The first-order valence-corrected chi connectivity index (χ1v) is 6.10. The molecule has 1 heterocycles. The van der Waals surface area contributed by atoms with Gasteiger partial charge in [-0.2, -0.15) is 0 Å². The Labute approximate surface area is 103 Å². The number of carbonyl (C=O) groups excluding carboxylic acids is 1. The fourth-order valence-corrected chi connectivity index (χ4v) is 2.03. The van der Waals surface area contributed by atoms with Crippen molar-refractivity contribution in [3.63, 3.8) is 0 Å². The maximum Gasteiger partial charge on any atom is 0.227 e. The van der Waals surface area contributed by atoms with Gasteiger partial charge in [-0.25, -0.2) is 0 Å². The highest BCUT2D eigenvalue weighted by molar-refractivity contribution is 5.79. The van der Waals surface area contributed by atoms with Crippen molar-refractivity contribution in [2.75, 3.05) is 20.1 Å². The van der Waals surface area contributed by atoms with Crippen molar-refractivity contribution in [2.45, 2.75) is 26.3 Å². The maximum atomic E-state index is 12.1. The largest absolute Gasteiger partial charge is 0.340 e. The second-order valence-electron chi connectivity index (χ2n) is 4.92. The Bertz CT molecular complexity index is 424. The standard InChI is InChI=1S/C14H20N2O/c1-10-4-5-11(2)12(6-10)7-14(17)16(3)13-8-15-9-13/h4-6,13,15H,7-9H2,1-3H3. The van der Waals surface area contributed by atoms with Crippen LogP contribution in [0.5, 0.6) is 0 Å². The Kier molecular flexibility index (Phi) is 3.48. The lowest BCUT2D eigenvalue weighted by Gasteiger charge is -2.35. The number of hydrogen-bond acceptors (Lipinski definition) is 2. The predicted molar refractivity (Wildman–Crippen MR) is 69.0 cm³/mol. The van der Waals surface area contributed by atoms with Gasteiger partial charge in [-0.05, 0) is 25.0 Å². The van der Waals surface area contributed by atoms with E-state index in [1.54, 1.807) is 0 Å². The summed E-state index contributed by atoms with van der Waals surface area (Å²) in [6.45, 7) is 5.98. The molecule has 3 heteroatoms. The summed E-state index contributed by atoms with van der Waals surface area (Å²) in [6.07, 6.45) is 0.514. The lowest BCUT2D eigenvalue weighted by molar-refractivity contribution is -0.132. The molecule has 92 valence electrons. The molecule has 0 saturated carbocycles. The smallest absolute Gasteiger partial charge is 0.227 e. The summed E-state index contributed by atoms with van der Waals surface area (Å²) >= 11 is 0. The molecule has 1 aliphatic rings. The Hall–Kier alpha value is -1.35. The monoisotopic (exact) mass is 232 g/mol. The molecule has 1 N–H and O–H groups in total. The maximum absolute atomic E-state index is 12.1. The summed E-state index contributed by atoms with van der Waals surface area (Å²) in [5, 5.41) is 3.19. The van der Waals surface area contributed by atoms with E-state index >= 15 is 0 Å². The average Bonchev–Trinajstić information content (AvgIpc) is 2.21. The van der Waals surface area contributed by atoms with Crippen LogP contribution in [0, 0.1) is 13.8 Å². The fraction of sp³-hybridized carbons (Fsp3) is 0.500. The quantitative estimate of drug-likeness (QED) is 0.851. The van der Waals surface area contributed by atoms with Crippen LogP contribution in [-0.2, 0) is 11.2 Å². The van der Waals surface area contributed by atoms with Gasteiger partial charge >= 0.3 is 0 Å². The zero-order valence-electron chi connectivity index (χ0n) is 10.8. The summed E-state index contributed by atoms with van der Waals surface area (Å²) in [4.78, 5) is 14.0. The lowest BCUT2D eigenvalue weighted by Crippen LogP contribution is -2.57. The number of carbonyl (C=O) groups is 1. The molecule has 17 heavy (non-hydrogen) atoms. The second-order valence-corrected chi connectivity index (χ2v) is 4.92. The van der Waals surface area contributed by atoms with Crippen LogP contribution in [-0.4, -0.2) is 37.0 Å².